The van der Waals surface area contributed by atoms with Crippen molar-refractivity contribution in [1.29, 1.82) is 0 Å². The molecule has 0 saturated heterocycles. The van der Waals surface area contributed by atoms with Crippen molar-refractivity contribution >= 4 is 11.4 Å². The first-order chi connectivity index (χ1) is 9.41. The van der Waals surface area contributed by atoms with Crippen LogP contribution in [0.15, 0.2) is 48.5 Å². The van der Waals surface area contributed by atoms with Crippen molar-refractivity contribution in [2.45, 2.75) is 6.92 Å². The monoisotopic (exact) mass is 278 g/mol. The number of hydrogen-bond donors (Lipinski definition) is 0. The van der Waals surface area contributed by atoms with E-state index in [4.69, 9.17) is 0 Å². The molecule has 0 aromatic heterocycles. The largest absolute Gasteiger partial charge is 0.272 e. The number of nitrogens with zero attached hydrogens (tertiary/aromatic N) is 2. The van der Waals surface area contributed by atoms with Gasteiger partial charge in [0, 0.05) is 23.8 Å². The molecule has 0 aliphatic heterocycles. The normalized spacial score (nSPS) is 9.30. The van der Waals surface area contributed by atoms with Gasteiger partial charge in [0.25, 0.3) is 11.4 Å². The van der Waals surface area contributed by atoms with Crippen LogP contribution in [-0.4, -0.2) is 9.85 Å². The van der Waals surface area contributed by atoms with Gasteiger partial charge in [0.05, 0.1) is 9.85 Å². The number of para-hydroxylation sites is 1. The molecule has 0 unspecified atom stereocenters. The van der Waals surface area contributed by atoms with Gasteiger partial charge in [-0.1, -0.05) is 18.2 Å². The third kappa shape index (κ3) is 4.45. The average Bonchev–Trinajstić information content (AvgIpc) is 2.40. The number of aryl methyl sites for hydroxylation is 1. The van der Waals surface area contributed by atoms with E-state index in [0.29, 0.717) is 5.56 Å². The third-order valence-corrected chi connectivity index (χ3v) is 2.32. The van der Waals surface area contributed by atoms with E-state index < -0.39 is 15.7 Å². The summed E-state index contributed by atoms with van der Waals surface area (Å²) in [5, 5.41) is 20.2. The molecule has 20 heavy (non-hydrogen) atoms. The summed E-state index contributed by atoms with van der Waals surface area (Å²) < 4.78 is 12.4. The molecule has 0 aliphatic carbocycles. The van der Waals surface area contributed by atoms with Gasteiger partial charge in [0.1, 0.15) is 5.82 Å². The number of hydrogen-bond acceptors (Lipinski definition) is 4. The van der Waals surface area contributed by atoms with Crippen molar-refractivity contribution in [3.63, 3.8) is 0 Å². The molecule has 2 aromatic carbocycles. The number of halogens is 1. The van der Waals surface area contributed by atoms with Gasteiger partial charge in [-0.15, -0.1) is 0 Å². The number of non-ortho nitro benzene ring substituents is 1. The molecule has 0 fully saturated rings. The zero-order valence-electron chi connectivity index (χ0n) is 10.5. The fourth-order valence-electron chi connectivity index (χ4n) is 1.37. The summed E-state index contributed by atoms with van der Waals surface area (Å²) >= 11 is 0. The lowest BCUT2D eigenvalue weighted by Crippen LogP contribution is -1.91. The zero-order valence-corrected chi connectivity index (χ0v) is 10.5. The minimum atomic E-state index is -0.533. The van der Waals surface area contributed by atoms with Gasteiger partial charge < -0.3 is 0 Å². The Labute approximate surface area is 113 Å². The molecule has 0 radical (unpaired) electrons. The van der Waals surface area contributed by atoms with Crippen LogP contribution in [-0.2, 0) is 0 Å². The maximum Gasteiger partial charge on any atom is 0.272 e. The highest BCUT2D eigenvalue weighted by Gasteiger charge is 2.09. The molecule has 0 atom stereocenters. The molecule has 0 bridgehead atoms. The van der Waals surface area contributed by atoms with E-state index in [1.54, 1.807) is 18.2 Å². The lowest BCUT2D eigenvalue weighted by atomic mass is 10.2. The molecular formula is C13H11FN2O4. The summed E-state index contributed by atoms with van der Waals surface area (Å²) in [7, 11) is 0. The highest BCUT2D eigenvalue weighted by molar-refractivity contribution is 5.38. The van der Waals surface area contributed by atoms with Crippen LogP contribution in [0.1, 0.15) is 5.56 Å². The lowest BCUT2D eigenvalue weighted by Gasteiger charge is -1.94. The Morgan fingerprint density at radius 3 is 1.95 bits per heavy atom. The first kappa shape index (κ1) is 15.2. The van der Waals surface area contributed by atoms with E-state index in [1.807, 2.05) is 0 Å². The zero-order chi connectivity index (χ0) is 15.1. The smallest absolute Gasteiger partial charge is 0.258 e. The number of benzene rings is 2. The first-order valence-corrected chi connectivity index (χ1v) is 5.52. The summed E-state index contributed by atoms with van der Waals surface area (Å²) in [5.74, 6) is -0.451. The minimum absolute atomic E-state index is 0.0496. The first-order valence-electron chi connectivity index (χ1n) is 5.52. The molecule has 0 spiro atoms. The van der Waals surface area contributed by atoms with E-state index in [-0.39, 0.29) is 11.4 Å². The van der Waals surface area contributed by atoms with E-state index in [1.165, 1.54) is 19.1 Å². The Morgan fingerprint density at radius 1 is 0.950 bits per heavy atom. The van der Waals surface area contributed by atoms with Crippen LogP contribution in [0.2, 0.25) is 0 Å². The summed E-state index contributed by atoms with van der Waals surface area (Å²) in [6, 6.07) is 11.3. The molecule has 2 aromatic rings. The third-order valence-electron chi connectivity index (χ3n) is 2.32. The molecule has 2 rings (SSSR count). The average molecular weight is 278 g/mol. The van der Waals surface area contributed by atoms with E-state index in [2.05, 4.69) is 0 Å². The summed E-state index contributed by atoms with van der Waals surface area (Å²) in [5.41, 5.74) is 0.430. The quantitative estimate of drug-likeness (QED) is 0.619. The number of nitro groups is 2. The highest BCUT2D eigenvalue weighted by Crippen LogP contribution is 2.17. The van der Waals surface area contributed by atoms with E-state index >= 15 is 0 Å². The molecule has 0 amide bonds. The second kappa shape index (κ2) is 6.93. The van der Waals surface area contributed by atoms with Crippen LogP contribution < -0.4 is 0 Å². The van der Waals surface area contributed by atoms with Gasteiger partial charge in [-0.25, -0.2) is 4.39 Å². The van der Waals surface area contributed by atoms with Gasteiger partial charge in [-0.2, -0.15) is 0 Å². The van der Waals surface area contributed by atoms with Crippen LogP contribution in [0, 0.1) is 33.0 Å². The van der Waals surface area contributed by atoms with Crippen LogP contribution in [0.5, 0.6) is 0 Å². The topological polar surface area (TPSA) is 86.3 Å². The second-order valence-corrected chi connectivity index (χ2v) is 3.78. The Hall–Kier alpha value is -2.83. The van der Waals surface area contributed by atoms with Gasteiger partial charge in [-0.05, 0) is 19.1 Å². The highest BCUT2D eigenvalue weighted by atomic mass is 19.1. The molecule has 0 N–H and O–H groups in total. The summed E-state index contributed by atoms with van der Waals surface area (Å²) in [4.78, 5) is 19.3. The maximum absolute atomic E-state index is 12.4. The van der Waals surface area contributed by atoms with Crippen LogP contribution in [0.3, 0.4) is 0 Å². The SMILES string of the molecule is Cc1cc(F)ccc1[N+](=O)[O-].O=[N+]([O-])c1ccccc1. The molecule has 0 heterocycles. The minimum Gasteiger partial charge on any atom is -0.258 e. The second-order valence-electron chi connectivity index (χ2n) is 3.78. The van der Waals surface area contributed by atoms with Gasteiger partial charge in [-0.3, -0.25) is 20.2 Å². The predicted octanol–water partition coefficient (Wildman–Crippen LogP) is 3.64. The van der Waals surface area contributed by atoms with Crippen LogP contribution in [0.4, 0.5) is 15.8 Å². The Bertz CT molecular complexity index is 617. The summed E-state index contributed by atoms with van der Waals surface area (Å²) in [6.07, 6.45) is 0. The molecule has 0 aliphatic rings. The van der Waals surface area contributed by atoms with Crippen molar-refractivity contribution in [1.82, 2.24) is 0 Å². The maximum atomic E-state index is 12.4. The summed E-state index contributed by atoms with van der Waals surface area (Å²) in [6.45, 7) is 1.50. The number of rotatable bonds is 2. The van der Waals surface area contributed by atoms with Crippen molar-refractivity contribution in [3.05, 3.63) is 80.1 Å². The molecule has 104 valence electrons. The Balaban J connectivity index is 0.000000204. The lowest BCUT2D eigenvalue weighted by molar-refractivity contribution is -0.385. The molecule has 6 nitrogen and oxygen atoms in total. The van der Waals surface area contributed by atoms with Crippen molar-refractivity contribution in [2.75, 3.05) is 0 Å². The fourth-order valence-corrected chi connectivity index (χ4v) is 1.37. The molecule has 7 heteroatoms. The van der Waals surface area contributed by atoms with Crippen molar-refractivity contribution < 1.29 is 14.2 Å². The predicted molar refractivity (Wildman–Crippen MR) is 70.9 cm³/mol. The van der Waals surface area contributed by atoms with Gasteiger partial charge in [0.15, 0.2) is 0 Å². The van der Waals surface area contributed by atoms with E-state index in [9.17, 15) is 24.6 Å². The van der Waals surface area contributed by atoms with Gasteiger partial charge >= 0.3 is 0 Å². The Kier molecular flexibility index (Phi) is 5.28. The van der Waals surface area contributed by atoms with Crippen molar-refractivity contribution in [2.24, 2.45) is 0 Å². The Morgan fingerprint density at radius 2 is 1.55 bits per heavy atom. The van der Waals surface area contributed by atoms with Crippen LogP contribution in [0.25, 0.3) is 0 Å². The van der Waals surface area contributed by atoms with Crippen molar-refractivity contribution in [3.8, 4) is 0 Å². The van der Waals surface area contributed by atoms with Gasteiger partial charge in [0.2, 0.25) is 0 Å². The fraction of sp³-hybridized carbons (Fsp3) is 0.0769. The van der Waals surface area contributed by atoms with Crippen LogP contribution >= 0.6 is 0 Å². The molecule has 0 saturated carbocycles. The van der Waals surface area contributed by atoms with E-state index in [0.717, 1.165) is 18.2 Å². The number of nitro benzene ring substituents is 2. The molecular weight excluding hydrogens is 267 g/mol. The standard InChI is InChI=1S/C7H6FNO2.C6H5NO2/c1-5-4-6(8)2-3-7(5)9(10)11;8-7(9)6-4-2-1-3-5-6/h2-4H,1H3;1-5H.